The molecule has 1 fully saturated rings. The van der Waals surface area contributed by atoms with E-state index >= 15 is 0 Å². The fourth-order valence-electron chi connectivity index (χ4n) is 2.65. The molecule has 0 bridgehead atoms. The molecular formula is C19H19ClN2O2S. The lowest BCUT2D eigenvalue weighted by Gasteiger charge is -2.16. The maximum absolute atomic E-state index is 12.0. The molecule has 1 heterocycles. The highest BCUT2D eigenvalue weighted by atomic mass is 35.5. The van der Waals surface area contributed by atoms with Gasteiger partial charge in [-0.15, -0.1) is 11.8 Å². The second-order valence-electron chi connectivity index (χ2n) is 5.83. The number of nitrogens with one attached hydrogen (secondary N) is 1. The SMILES string of the molecule is O=C(CSc1ccc(Cl)cc1)NCc1ccc(N2CCCC2=O)cc1. The van der Waals surface area contributed by atoms with Gasteiger partial charge in [0.25, 0.3) is 0 Å². The third-order valence-corrected chi connectivity index (χ3v) is 5.26. The Balaban J connectivity index is 1.45. The molecule has 2 amide bonds. The number of hydrogen-bond acceptors (Lipinski definition) is 3. The minimum absolute atomic E-state index is 0.0150. The highest BCUT2D eigenvalue weighted by molar-refractivity contribution is 8.00. The molecule has 0 aromatic heterocycles. The van der Waals surface area contributed by atoms with Crippen LogP contribution < -0.4 is 10.2 Å². The molecule has 3 rings (SSSR count). The average Bonchev–Trinajstić information content (AvgIpc) is 3.06. The van der Waals surface area contributed by atoms with Gasteiger partial charge in [0, 0.05) is 35.1 Å². The Morgan fingerprint density at radius 2 is 1.84 bits per heavy atom. The summed E-state index contributed by atoms with van der Waals surface area (Å²) in [6, 6.07) is 15.2. The van der Waals surface area contributed by atoms with Gasteiger partial charge in [-0.25, -0.2) is 0 Å². The van der Waals surface area contributed by atoms with Crippen LogP contribution in [0, 0.1) is 0 Å². The second-order valence-corrected chi connectivity index (χ2v) is 7.32. The molecule has 0 saturated carbocycles. The van der Waals surface area contributed by atoms with Crippen molar-refractivity contribution in [3.05, 3.63) is 59.1 Å². The zero-order valence-electron chi connectivity index (χ0n) is 13.7. The Hall–Kier alpha value is -1.98. The van der Waals surface area contributed by atoms with Gasteiger partial charge in [-0.1, -0.05) is 23.7 Å². The Morgan fingerprint density at radius 1 is 1.12 bits per heavy atom. The van der Waals surface area contributed by atoms with Crippen molar-refractivity contribution in [2.75, 3.05) is 17.2 Å². The van der Waals surface area contributed by atoms with Gasteiger partial charge in [-0.3, -0.25) is 9.59 Å². The van der Waals surface area contributed by atoms with Crippen LogP contribution in [0.15, 0.2) is 53.4 Å². The lowest BCUT2D eigenvalue weighted by atomic mass is 10.2. The summed E-state index contributed by atoms with van der Waals surface area (Å²) in [6.45, 7) is 1.27. The molecule has 0 radical (unpaired) electrons. The molecule has 1 saturated heterocycles. The van der Waals surface area contributed by atoms with Gasteiger partial charge in [0.15, 0.2) is 0 Å². The van der Waals surface area contributed by atoms with Crippen molar-refractivity contribution >= 4 is 40.9 Å². The summed E-state index contributed by atoms with van der Waals surface area (Å²) in [5.74, 6) is 0.529. The Labute approximate surface area is 156 Å². The van der Waals surface area contributed by atoms with E-state index < -0.39 is 0 Å². The van der Waals surface area contributed by atoms with Crippen LogP contribution in [-0.2, 0) is 16.1 Å². The number of carbonyl (C=O) groups is 2. The minimum Gasteiger partial charge on any atom is -0.351 e. The first kappa shape index (κ1) is 17.8. The van der Waals surface area contributed by atoms with E-state index in [-0.39, 0.29) is 11.8 Å². The van der Waals surface area contributed by atoms with Gasteiger partial charge in [0.05, 0.1) is 5.75 Å². The molecule has 130 valence electrons. The number of anilines is 1. The van der Waals surface area contributed by atoms with E-state index in [1.165, 1.54) is 11.8 Å². The third kappa shape index (κ3) is 5.00. The van der Waals surface area contributed by atoms with E-state index in [2.05, 4.69) is 5.32 Å². The smallest absolute Gasteiger partial charge is 0.230 e. The molecule has 2 aromatic carbocycles. The molecule has 2 aromatic rings. The summed E-state index contributed by atoms with van der Waals surface area (Å²) in [7, 11) is 0. The maximum atomic E-state index is 12.0. The topological polar surface area (TPSA) is 49.4 Å². The highest BCUT2D eigenvalue weighted by Gasteiger charge is 2.21. The zero-order chi connectivity index (χ0) is 17.6. The van der Waals surface area contributed by atoms with Crippen LogP contribution in [0.25, 0.3) is 0 Å². The monoisotopic (exact) mass is 374 g/mol. The first-order valence-electron chi connectivity index (χ1n) is 8.16. The van der Waals surface area contributed by atoms with E-state index in [4.69, 9.17) is 11.6 Å². The lowest BCUT2D eigenvalue weighted by molar-refractivity contribution is -0.119. The van der Waals surface area contributed by atoms with Gasteiger partial charge >= 0.3 is 0 Å². The van der Waals surface area contributed by atoms with Gasteiger partial charge in [-0.05, 0) is 48.4 Å². The zero-order valence-corrected chi connectivity index (χ0v) is 15.3. The van der Waals surface area contributed by atoms with Crippen molar-refractivity contribution < 1.29 is 9.59 Å². The standard InChI is InChI=1S/C19H19ClN2O2S/c20-15-5-9-17(10-6-15)25-13-18(23)21-12-14-3-7-16(8-4-14)22-11-1-2-19(22)24/h3-10H,1-2,11-13H2,(H,21,23). The molecule has 4 nitrogen and oxygen atoms in total. The molecular weight excluding hydrogens is 356 g/mol. The second kappa shape index (κ2) is 8.41. The number of amides is 2. The van der Waals surface area contributed by atoms with Crippen LogP contribution in [0.4, 0.5) is 5.69 Å². The summed E-state index contributed by atoms with van der Waals surface area (Å²) in [5.41, 5.74) is 1.94. The largest absolute Gasteiger partial charge is 0.351 e. The maximum Gasteiger partial charge on any atom is 0.230 e. The molecule has 0 atom stereocenters. The normalized spacial score (nSPS) is 14.0. The van der Waals surface area contributed by atoms with Gasteiger partial charge in [-0.2, -0.15) is 0 Å². The molecule has 6 heteroatoms. The molecule has 1 aliphatic rings. The van der Waals surface area contributed by atoms with Crippen molar-refractivity contribution in [2.24, 2.45) is 0 Å². The molecule has 25 heavy (non-hydrogen) atoms. The van der Waals surface area contributed by atoms with Crippen molar-refractivity contribution in [1.29, 1.82) is 0 Å². The first-order valence-corrected chi connectivity index (χ1v) is 9.52. The third-order valence-electron chi connectivity index (χ3n) is 3.99. The fourth-order valence-corrected chi connectivity index (χ4v) is 3.50. The summed E-state index contributed by atoms with van der Waals surface area (Å²) in [6.07, 6.45) is 1.55. The van der Waals surface area contributed by atoms with Crippen molar-refractivity contribution in [3.8, 4) is 0 Å². The van der Waals surface area contributed by atoms with Crippen LogP contribution in [0.2, 0.25) is 5.02 Å². The molecule has 0 unspecified atom stereocenters. The summed E-state index contributed by atoms with van der Waals surface area (Å²) >= 11 is 7.32. The average molecular weight is 375 g/mol. The molecule has 1 aliphatic heterocycles. The Bertz CT molecular complexity index is 747. The first-order chi connectivity index (χ1) is 12.1. The number of rotatable bonds is 6. The number of thioether (sulfide) groups is 1. The van der Waals surface area contributed by atoms with Crippen molar-refractivity contribution in [2.45, 2.75) is 24.3 Å². The minimum atomic E-state index is -0.0150. The van der Waals surface area contributed by atoms with E-state index in [1.807, 2.05) is 53.4 Å². The van der Waals surface area contributed by atoms with Crippen molar-refractivity contribution in [1.82, 2.24) is 5.32 Å². The van der Waals surface area contributed by atoms with Gasteiger partial charge in [0.1, 0.15) is 0 Å². The summed E-state index contributed by atoms with van der Waals surface area (Å²) in [5, 5.41) is 3.60. The molecule has 0 aliphatic carbocycles. The van der Waals surface area contributed by atoms with Crippen LogP contribution in [0.5, 0.6) is 0 Å². The number of hydrogen-bond donors (Lipinski definition) is 1. The van der Waals surface area contributed by atoms with E-state index in [0.29, 0.717) is 23.7 Å². The predicted molar refractivity (Wildman–Crippen MR) is 102 cm³/mol. The van der Waals surface area contributed by atoms with E-state index in [1.54, 1.807) is 0 Å². The molecule has 1 N–H and O–H groups in total. The van der Waals surface area contributed by atoms with Crippen LogP contribution >= 0.6 is 23.4 Å². The van der Waals surface area contributed by atoms with E-state index in [0.717, 1.165) is 29.1 Å². The lowest BCUT2D eigenvalue weighted by Crippen LogP contribution is -2.25. The van der Waals surface area contributed by atoms with Crippen LogP contribution in [-0.4, -0.2) is 24.1 Å². The van der Waals surface area contributed by atoms with Crippen LogP contribution in [0.1, 0.15) is 18.4 Å². The number of benzene rings is 2. The van der Waals surface area contributed by atoms with Crippen LogP contribution in [0.3, 0.4) is 0 Å². The highest BCUT2D eigenvalue weighted by Crippen LogP contribution is 2.22. The number of carbonyl (C=O) groups excluding carboxylic acids is 2. The predicted octanol–water partition coefficient (Wildman–Crippen LogP) is 3.88. The quantitative estimate of drug-likeness (QED) is 0.781. The van der Waals surface area contributed by atoms with Crippen molar-refractivity contribution in [3.63, 3.8) is 0 Å². The molecule has 0 spiro atoms. The summed E-state index contributed by atoms with van der Waals surface area (Å²) < 4.78 is 0. The fraction of sp³-hybridized carbons (Fsp3) is 0.263. The Morgan fingerprint density at radius 3 is 2.48 bits per heavy atom. The Kier molecular flexibility index (Phi) is 6.00. The van der Waals surface area contributed by atoms with Gasteiger partial charge in [0.2, 0.25) is 11.8 Å². The van der Waals surface area contributed by atoms with E-state index in [9.17, 15) is 9.59 Å². The summed E-state index contributed by atoms with van der Waals surface area (Å²) in [4.78, 5) is 26.5. The number of nitrogens with zero attached hydrogens (tertiary/aromatic N) is 1. The number of halogens is 1. The van der Waals surface area contributed by atoms with Gasteiger partial charge < -0.3 is 10.2 Å².